The monoisotopic (exact) mass is 426 g/mol. The van der Waals surface area contributed by atoms with Crippen LogP contribution in [0.15, 0.2) is 0 Å². The lowest BCUT2D eigenvalue weighted by molar-refractivity contribution is -0.142. The lowest BCUT2D eigenvalue weighted by Crippen LogP contribution is -2.15. The summed E-state index contributed by atoms with van der Waals surface area (Å²) in [5, 5.41) is 0. The van der Waals surface area contributed by atoms with E-state index in [1.54, 1.807) is 7.11 Å². The van der Waals surface area contributed by atoms with Gasteiger partial charge in [-0.15, -0.1) is 0 Å². The minimum Gasteiger partial charge on any atom is -0.463 e. The molecule has 0 aliphatic carbocycles. The van der Waals surface area contributed by atoms with Crippen LogP contribution in [0.3, 0.4) is 0 Å². The molecule has 0 aromatic heterocycles. The maximum Gasteiger partial charge on any atom is 0.302 e. The summed E-state index contributed by atoms with van der Waals surface area (Å²) >= 11 is 0. The van der Waals surface area contributed by atoms with E-state index in [4.69, 9.17) is 42.6 Å². The van der Waals surface area contributed by atoms with E-state index in [-0.39, 0.29) is 12.6 Å². The highest BCUT2D eigenvalue weighted by Gasteiger charge is 1.95. The smallest absolute Gasteiger partial charge is 0.302 e. The Bertz CT molecular complexity index is 330. The molecule has 0 aromatic rings. The first kappa shape index (κ1) is 28.1. The second-order valence-electron chi connectivity index (χ2n) is 5.62. The summed E-state index contributed by atoms with van der Waals surface area (Å²) in [6.45, 7) is 9.34. The van der Waals surface area contributed by atoms with E-state index in [9.17, 15) is 4.79 Å². The van der Waals surface area contributed by atoms with Crippen molar-refractivity contribution < 1.29 is 47.4 Å². The summed E-state index contributed by atoms with van der Waals surface area (Å²) < 4.78 is 47.0. The molecule has 0 aliphatic heterocycles. The average molecular weight is 427 g/mol. The Morgan fingerprint density at radius 3 is 0.931 bits per heavy atom. The first-order chi connectivity index (χ1) is 14.3. The molecule has 0 heterocycles. The van der Waals surface area contributed by atoms with Crippen LogP contribution in [0.25, 0.3) is 0 Å². The van der Waals surface area contributed by atoms with Gasteiger partial charge in [-0.2, -0.15) is 0 Å². The van der Waals surface area contributed by atoms with Gasteiger partial charge in [-0.1, -0.05) is 0 Å². The van der Waals surface area contributed by atoms with Crippen molar-refractivity contribution in [3.63, 3.8) is 0 Å². The molecule has 10 heteroatoms. The fourth-order valence-corrected chi connectivity index (χ4v) is 1.81. The molecule has 0 atom stereocenters. The Morgan fingerprint density at radius 2 is 0.690 bits per heavy atom. The Labute approximate surface area is 173 Å². The van der Waals surface area contributed by atoms with Gasteiger partial charge in [0.15, 0.2) is 0 Å². The highest BCUT2D eigenvalue weighted by atomic mass is 16.6. The third-order valence-electron chi connectivity index (χ3n) is 3.20. The van der Waals surface area contributed by atoms with Crippen LogP contribution in [0.2, 0.25) is 0 Å². The van der Waals surface area contributed by atoms with Crippen molar-refractivity contribution in [2.75, 3.05) is 113 Å². The van der Waals surface area contributed by atoms with Crippen LogP contribution in [0.5, 0.6) is 0 Å². The summed E-state index contributed by atoms with van der Waals surface area (Å²) in [6.07, 6.45) is 0. The Morgan fingerprint density at radius 1 is 0.448 bits per heavy atom. The van der Waals surface area contributed by atoms with Crippen LogP contribution in [0.4, 0.5) is 0 Å². The molecule has 0 saturated heterocycles. The molecule has 10 nitrogen and oxygen atoms in total. The van der Waals surface area contributed by atoms with Crippen molar-refractivity contribution in [2.45, 2.75) is 6.92 Å². The SMILES string of the molecule is COCCOCCOCCOCCOCCOCCOCCOCCOC(C)=O. The Hall–Kier alpha value is -0.850. The predicted octanol–water partition coefficient (Wildman–Crippen LogP) is 0.312. The van der Waals surface area contributed by atoms with E-state index in [2.05, 4.69) is 0 Å². The van der Waals surface area contributed by atoms with E-state index in [1.165, 1.54) is 6.92 Å². The molecule has 0 saturated carbocycles. The molecule has 0 spiro atoms. The van der Waals surface area contributed by atoms with E-state index >= 15 is 0 Å². The molecule has 0 aliphatic rings. The molecule has 174 valence electrons. The van der Waals surface area contributed by atoms with Gasteiger partial charge in [0.25, 0.3) is 0 Å². The van der Waals surface area contributed by atoms with Gasteiger partial charge < -0.3 is 42.6 Å². The lowest BCUT2D eigenvalue weighted by atomic mass is 10.6. The molecular weight excluding hydrogens is 388 g/mol. The minimum absolute atomic E-state index is 0.266. The van der Waals surface area contributed by atoms with E-state index in [1.807, 2.05) is 0 Å². The third-order valence-corrected chi connectivity index (χ3v) is 3.20. The number of esters is 1. The molecule has 0 amide bonds. The number of hydrogen-bond acceptors (Lipinski definition) is 10. The van der Waals surface area contributed by atoms with Gasteiger partial charge >= 0.3 is 5.97 Å². The van der Waals surface area contributed by atoms with Gasteiger partial charge in [0.05, 0.1) is 99.1 Å². The fourth-order valence-electron chi connectivity index (χ4n) is 1.81. The molecule has 0 fully saturated rings. The molecule has 0 aromatic carbocycles. The van der Waals surface area contributed by atoms with E-state index in [0.717, 1.165) is 0 Å². The minimum atomic E-state index is -0.306. The zero-order valence-electron chi connectivity index (χ0n) is 17.9. The number of hydrogen-bond donors (Lipinski definition) is 0. The summed E-state index contributed by atoms with van der Waals surface area (Å²) in [5.74, 6) is -0.306. The quantitative estimate of drug-likeness (QED) is 0.158. The molecule has 0 radical (unpaired) electrons. The zero-order valence-corrected chi connectivity index (χ0v) is 17.9. The number of carbonyl (C=O) groups excluding carboxylic acids is 1. The largest absolute Gasteiger partial charge is 0.463 e. The van der Waals surface area contributed by atoms with Gasteiger partial charge in [-0.25, -0.2) is 0 Å². The summed E-state index contributed by atoms with van der Waals surface area (Å²) in [5.41, 5.74) is 0. The van der Waals surface area contributed by atoms with Crippen LogP contribution >= 0.6 is 0 Å². The van der Waals surface area contributed by atoms with Crippen molar-refractivity contribution in [1.82, 2.24) is 0 Å². The van der Waals surface area contributed by atoms with Crippen LogP contribution < -0.4 is 0 Å². The van der Waals surface area contributed by atoms with Crippen molar-refractivity contribution in [3.05, 3.63) is 0 Å². The molecule has 0 unspecified atom stereocenters. The van der Waals surface area contributed by atoms with Gasteiger partial charge in [0.1, 0.15) is 6.61 Å². The standard InChI is InChI=1S/C19H38O10/c1-19(20)29-18-17-28-16-15-27-14-13-26-12-11-25-10-9-24-8-7-23-6-5-22-4-3-21-2/h3-18H2,1-2H3. The summed E-state index contributed by atoms with van der Waals surface area (Å²) in [7, 11) is 1.64. The number of rotatable bonds is 24. The molecule has 29 heavy (non-hydrogen) atoms. The van der Waals surface area contributed by atoms with E-state index in [0.29, 0.717) is 99.1 Å². The first-order valence-corrected chi connectivity index (χ1v) is 9.94. The summed E-state index contributed by atoms with van der Waals surface area (Å²) in [4.78, 5) is 10.5. The van der Waals surface area contributed by atoms with Gasteiger partial charge in [-0.3, -0.25) is 4.79 Å². The number of carbonyl (C=O) groups is 1. The Balaban J connectivity index is 2.99. The topological polar surface area (TPSA) is 100 Å². The zero-order chi connectivity index (χ0) is 21.3. The Kier molecular flexibility index (Phi) is 24.4. The molecule has 0 N–H and O–H groups in total. The highest BCUT2D eigenvalue weighted by Crippen LogP contribution is 1.86. The van der Waals surface area contributed by atoms with Crippen LogP contribution in [-0.4, -0.2) is 119 Å². The second-order valence-corrected chi connectivity index (χ2v) is 5.62. The number of ether oxygens (including phenoxy) is 9. The van der Waals surface area contributed by atoms with Crippen LogP contribution in [0.1, 0.15) is 6.92 Å². The van der Waals surface area contributed by atoms with E-state index < -0.39 is 0 Å². The normalized spacial score (nSPS) is 11.1. The van der Waals surface area contributed by atoms with Crippen molar-refractivity contribution in [2.24, 2.45) is 0 Å². The lowest BCUT2D eigenvalue weighted by Gasteiger charge is -2.08. The first-order valence-electron chi connectivity index (χ1n) is 9.94. The average Bonchev–Trinajstić information content (AvgIpc) is 2.71. The molecule has 0 bridgehead atoms. The second kappa shape index (κ2) is 25.2. The highest BCUT2D eigenvalue weighted by molar-refractivity contribution is 5.65. The fraction of sp³-hybridized carbons (Fsp3) is 0.947. The third kappa shape index (κ3) is 27.1. The number of methoxy groups -OCH3 is 1. The maximum atomic E-state index is 10.5. The van der Waals surface area contributed by atoms with Crippen molar-refractivity contribution >= 4 is 5.97 Å². The maximum absolute atomic E-state index is 10.5. The van der Waals surface area contributed by atoms with Gasteiger partial charge in [0.2, 0.25) is 0 Å². The molecule has 0 rings (SSSR count). The van der Waals surface area contributed by atoms with Gasteiger partial charge in [-0.05, 0) is 0 Å². The molecular formula is C19H38O10. The van der Waals surface area contributed by atoms with Crippen LogP contribution in [-0.2, 0) is 47.4 Å². The van der Waals surface area contributed by atoms with Crippen molar-refractivity contribution in [1.29, 1.82) is 0 Å². The predicted molar refractivity (Wildman–Crippen MR) is 104 cm³/mol. The van der Waals surface area contributed by atoms with Gasteiger partial charge in [0, 0.05) is 14.0 Å². The summed E-state index contributed by atoms with van der Waals surface area (Å²) in [6, 6.07) is 0. The van der Waals surface area contributed by atoms with Crippen molar-refractivity contribution in [3.8, 4) is 0 Å². The van der Waals surface area contributed by atoms with Crippen LogP contribution in [0, 0.1) is 0 Å².